The lowest BCUT2D eigenvalue weighted by molar-refractivity contribution is -0.439. The van der Waals surface area contributed by atoms with Crippen molar-refractivity contribution in [3.63, 3.8) is 0 Å². The van der Waals surface area contributed by atoms with Crippen LogP contribution in [0.4, 0.5) is 110 Å². The van der Waals surface area contributed by atoms with E-state index >= 15 is 0 Å². The van der Waals surface area contributed by atoms with E-state index in [0.29, 0.717) is 13.1 Å². The zero-order valence-electron chi connectivity index (χ0n) is 24.7. The molecule has 28 heteroatoms. The highest BCUT2D eigenvalue weighted by molar-refractivity contribution is 6.84. The Morgan fingerprint density at radius 2 is 0.592 bits per heavy atom. The van der Waals surface area contributed by atoms with E-state index in [2.05, 4.69) is 0 Å². The topological polar surface area (TPSA) is 9.23 Å². The Labute approximate surface area is 260 Å². The van der Waals surface area contributed by atoms with E-state index in [1.165, 1.54) is 0 Å². The van der Waals surface area contributed by atoms with Crippen LogP contribution in [0.25, 0.3) is 0 Å². The molecule has 0 aliphatic carbocycles. The lowest BCUT2D eigenvalue weighted by atomic mass is 9.86. The van der Waals surface area contributed by atoms with Gasteiger partial charge in [0.1, 0.15) is 0 Å². The summed E-state index contributed by atoms with van der Waals surface area (Å²) in [5, 5.41) is 0. The van der Waals surface area contributed by atoms with Crippen molar-refractivity contribution >= 4 is 16.6 Å². The molecule has 0 saturated heterocycles. The number of alkyl halides is 25. The van der Waals surface area contributed by atoms with Crippen LogP contribution in [0.1, 0.15) is 19.8 Å². The Morgan fingerprint density at radius 1 is 0.347 bits per heavy atom. The fourth-order valence-electron chi connectivity index (χ4n) is 3.86. The van der Waals surface area contributed by atoms with Crippen LogP contribution in [0.3, 0.4) is 0 Å². The summed E-state index contributed by atoms with van der Waals surface area (Å²) >= 11 is 0. The van der Waals surface area contributed by atoms with E-state index in [0.717, 1.165) is 13.1 Å². The molecule has 0 aliphatic heterocycles. The van der Waals surface area contributed by atoms with E-state index < -0.39 is 120 Å². The minimum atomic E-state index is -8.19. The van der Waals surface area contributed by atoms with Crippen LogP contribution in [0.5, 0.6) is 0 Å². The lowest BCUT2D eigenvalue weighted by Gasteiger charge is -2.42. The number of hydrogen-bond donors (Lipinski definition) is 0. The number of hydrogen-bond acceptors (Lipinski definition) is 1. The first-order valence-electron chi connectivity index (χ1n) is 12.5. The second-order valence-corrected chi connectivity index (χ2v) is 21.0. The molecule has 0 saturated carbocycles. The van der Waals surface area contributed by atoms with Crippen LogP contribution in [0.15, 0.2) is 0 Å². The Hall–Kier alpha value is -1.36. The largest absolute Gasteiger partial charge is 0.460 e. The fraction of sp³-hybridized carbons (Fsp3) is 1.00. The van der Waals surface area contributed by atoms with E-state index in [-0.39, 0.29) is 0 Å². The highest BCUT2D eigenvalue weighted by atomic mass is 28.4. The highest BCUT2D eigenvalue weighted by Crippen LogP contribution is 2.62. The molecule has 49 heavy (non-hydrogen) atoms. The molecule has 0 aromatic rings. The Bertz CT molecular complexity index is 1060. The summed E-state index contributed by atoms with van der Waals surface area (Å²) in [7, 11) is -8.42. The molecule has 0 fully saturated rings. The monoisotopic (exact) mass is 822 g/mol. The van der Waals surface area contributed by atoms with Gasteiger partial charge in [0.2, 0.25) is 0 Å². The molecule has 0 rings (SSSR count). The van der Waals surface area contributed by atoms with Crippen molar-refractivity contribution in [1.29, 1.82) is 0 Å². The van der Waals surface area contributed by atoms with E-state index in [1.54, 1.807) is 0 Å². The van der Waals surface area contributed by atoms with Crippen molar-refractivity contribution in [1.82, 2.24) is 0 Å². The lowest BCUT2D eigenvalue weighted by Crippen LogP contribution is -2.70. The summed E-state index contributed by atoms with van der Waals surface area (Å²) < 4.78 is 339. The molecule has 0 amide bonds. The van der Waals surface area contributed by atoms with Gasteiger partial charge < -0.3 is 4.12 Å². The second-order valence-electron chi connectivity index (χ2n) is 12.1. The fourth-order valence-corrected chi connectivity index (χ4v) is 12.6. The van der Waals surface area contributed by atoms with Crippen LogP contribution in [0.2, 0.25) is 38.3 Å². The average Bonchev–Trinajstić information content (AvgIpc) is 2.83. The summed E-state index contributed by atoms with van der Waals surface area (Å²) in [6, 6.07) is -3.02. The smallest absolute Gasteiger partial charge is 0.455 e. The summed E-state index contributed by atoms with van der Waals surface area (Å²) in [4.78, 5) is 0. The summed E-state index contributed by atoms with van der Waals surface area (Å²) in [6.45, 7) is 2.22. The first-order valence-corrected chi connectivity index (χ1v) is 18.8. The SMILES string of the molecule is CC(F)(CC[Si](C)(C)O[Si](C)(C)CCC(F)(F)C(F)(F)C(F)(F)C(F)(F)C(F)(F)C(F)(F)F)C(F)(F)C(F)(F)C(F)(F)C(F)(F)C(F)(F)F. The Kier molecular flexibility index (Phi) is 12.3. The van der Waals surface area contributed by atoms with Crippen LogP contribution >= 0.6 is 0 Å². The van der Waals surface area contributed by atoms with E-state index in [1.807, 2.05) is 0 Å². The molecule has 296 valence electrons. The van der Waals surface area contributed by atoms with Crippen molar-refractivity contribution < 1.29 is 114 Å². The molecule has 0 radical (unpaired) electrons. The molecule has 0 spiro atoms. The summed E-state index contributed by atoms with van der Waals surface area (Å²) in [5.74, 6) is -69.1. The van der Waals surface area contributed by atoms with Gasteiger partial charge in [0.25, 0.3) is 0 Å². The first kappa shape index (κ1) is 47.6. The molecule has 0 aromatic heterocycles. The zero-order chi connectivity index (χ0) is 40.5. The summed E-state index contributed by atoms with van der Waals surface area (Å²) in [5.41, 5.74) is -5.11. The summed E-state index contributed by atoms with van der Waals surface area (Å²) in [6.07, 6.45) is -20.1. The van der Waals surface area contributed by atoms with Crippen molar-refractivity contribution in [2.24, 2.45) is 0 Å². The van der Waals surface area contributed by atoms with Crippen molar-refractivity contribution in [3.05, 3.63) is 0 Å². The molecule has 1 nitrogen and oxygen atoms in total. The molecule has 0 N–H and O–H groups in total. The van der Waals surface area contributed by atoms with Crippen LogP contribution in [0, 0.1) is 0 Å². The van der Waals surface area contributed by atoms with Crippen molar-refractivity contribution in [2.75, 3.05) is 0 Å². The minimum absolute atomic E-state index is 0.642. The maximum Gasteiger partial charge on any atom is 0.460 e. The van der Waals surface area contributed by atoms with E-state index in [4.69, 9.17) is 4.12 Å². The molecule has 1 atom stereocenters. The normalized spacial score (nSPS) is 17.8. The molecule has 0 bridgehead atoms. The van der Waals surface area contributed by atoms with E-state index in [9.17, 15) is 110 Å². The predicted molar refractivity (Wildman–Crippen MR) is 121 cm³/mol. The third kappa shape index (κ3) is 7.88. The number of rotatable bonds is 16. The third-order valence-corrected chi connectivity index (χ3v) is 14.3. The molecule has 1 unspecified atom stereocenters. The van der Waals surface area contributed by atoms with Gasteiger partial charge in [-0.3, -0.25) is 0 Å². The quantitative estimate of drug-likeness (QED) is 0.111. The van der Waals surface area contributed by atoms with Gasteiger partial charge in [-0.1, -0.05) is 0 Å². The first-order chi connectivity index (χ1) is 20.6. The van der Waals surface area contributed by atoms with Crippen molar-refractivity contribution in [3.8, 4) is 0 Å². The molecule has 0 aromatic carbocycles. The van der Waals surface area contributed by atoms with Gasteiger partial charge in [0, 0.05) is 6.42 Å². The van der Waals surface area contributed by atoms with Gasteiger partial charge in [-0.25, -0.2) is 4.39 Å². The van der Waals surface area contributed by atoms with Gasteiger partial charge in [0.15, 0.2) is 22.3 Å². The van der Waals surface area contributed by atoms with Gasteiger partial charge in [-0.05, 0) is 51.6 Å². The molecular weight excluding hydrogens is 799 g/mol. The van der Waals surface area contributed by atoms with Gasteiger partial charge in [-0.2, -0.15) is 105 Å². The minimum Gasteiger partial charge on any atom is -0.455 e. The Balaban J connectivity index is 6.14. The van der Waals surface area contributed by atoms with Gasteiger partial charge in [0.05, 0.1) is 0 Å². The number of halogens is 25. The predicted octanol–water partition coefficient (Wildman–Crippen LogP) is 11.8. The average molecular weight is 823 g/mol. The second kappa shape index (κ2) is 12.7. The Morgan fingerprint density at radius 3 is 0.878 bits per heavy atom. The van der Waals surface area contributed by atoms with Gasteiger partial charge in [-0.15, -0.1) is 0 Å². The third-order valence-electron chi connectivity index (χ3n) is 6.98. The van der Waals surface area contributed by atoms with Gasteiger partial charge >= 0.3 is 65.7 Å². The van der Waals surface area contributed by atoms with Crippen LogP contribution in [-0.2, 0) is 4.12 Å². The highest BCUT2D eigenvalue weighted by Gasteiger charge is 2.91. The van der Waals surface area contributed by atoms with Crippen molar-refractivity contribution in [2.45, 2.75) is 129 Å². The molecule has 0 heterocycles. The zero-order valence-corrected chi connectivity index (χ0v) is 26.7. The maximum atomic E-state index is 14.8. The molecular formula is C21H23F25OSi2. The van der Waals surface area contributed by atoms with Crippen LogP contribution in [-0.4, -0.2) is 88.0 Å². The van der Waals surface area contributed by atoms with Crippen LogP contribution < -0.4 is 0 Å². The molecule has 0 aliphatic rings. The maximum absolute atomic E-state index is 14.8. The standard InChI is InChI=1S/C21H23F25OSi2/c1-10(22,12(25,26)14(29,30)16(33,34)18(37,38)20(41,42)43)6-8-48(2,3)47-49(4,5)9-7-11(23,24)13(27,28)15(31,32)17(35,36)19(39,40)21(44,45)46/h6-9H2,1-5H3.